The van der Waals surface area contributed by atoms with Crippen molar-refractivity contribution in [1.82, 2.24) is 30.0 Å². The lowest BCUT2D eigenvalue weighted by molar-refractivity contribution is -0.159. The number of aromatic nitrogens is 4. The van der Waals surface area contributed by atoms with Gasteiger partial charge in [-0.3, -0.25) is 9.59 Å². The van der Waals surface area contributed by atoms with E-state index in [4.69, 9.17) is 0 Å². The maximum Gasteiger partial charge on any atom is 0.256 e. The van der Waals surface area contributed by atoms with Crippen LogP contribution in [0.25, 0.3) is 5.69 Å². The molecule has 0 atom stereocenters. The van der Waals surface area contributed by atoms with E-state index in [0.717, 1.165) is 37.0 Å². The van der Waals surface area contributed by atoms with Crippen molar-refractivity contribution in [3.63, 3.8) is 0 Å². The van der Waals surface area contributed by atoms with Crippen molar-refractivity contribution in [3.05, 3.63) is 36.2 Å². The van der Waals surface area contributed by atoms with E-state index in [2.05, 4.69) is 15.5 Å². The highest BCUT2D eigenvalue weighted by atomic mass is 16.2. The Morgan fingerprint density at radius 2 is 1.48 bits per heavy atom. The first-order chi connectivity index (χ1) is 15.1. The minimum atomic E-state index is -0.104. The van der Waals surface area contributed by atoms with E-state index in [1.807, 2.05) is 34.1 Å². The highest BCUT2D eigenvalue weighted by Crippen LogP contribution is 2.60. The number of carbonyl (C=O) groups excluding carboxylic acids is 2. The summed E-state index contributed by atoms with van der Waals surface area (Å²) >= 11 is 0. The first-order valence-electron chi connectivity index (χ1n) is 11.5. The molecule has 1 aromatic carbocycles. The molecule has 5 fully saturated rings. The molecule has 8 nitrogen and oxygen atoms in total. The van der Waals surface area contributed by atoms with E-state index in [-0.39, 0.29) is 11.3 Å². The zero-order chi connectivity index (χ0) is 21.0. The summed E-state index contributed by atoms with van der Waals surface area (Å²) in [5, 5.41) is 11.3. The lowest BCUT2D eigenvalue weighted by Gasteiger charge is -2.57. The van der Waals surface area contributed by atoms with E-state index in [1.165, 1.54) is 30.3 Å². The van der Waals surface area contributed by atoms with Crippen LogP contribution in [0.2, 0.25) is 0 Å². The Morgan fingerprint density at radius 1 is 0.871 bits per heavy atom. The average Bonchev–Trinajstić information content (AvgIpc) is 3.32. The summed E-state index contributed by atoms with van der Waals surface area (Å²) in [4.78, 5) is 30.8. The predicted molar refractivity (Wildman–Crippen MR) is 112 cm³/mol. The zero-order valence-corrected chi connectivity index (χ0v) is 17.7. The summed E-state index contributed by atoms with van der Waals surface area (Å²) in [6.45, 7) is 2.39. The Bertz CT molecular complexity index is 960. The second kappa shape index (κ2) is 7.14. The minimum Gasteiger partial charge on any atom is -0.339 e. The quantitative estimate of drug-likeness (QED) is 0.760. The van der Waals surface area contributed by atoms with E-state index in [9.17, 15) is 9.59 Å². The Morgan fingerprint density at radius 3 is 2.10 bits per heavy atom. The summed E-state index contributed by atoms with van der Waals surface area (Å²) < 4.78 is 1.51. The van der Waals surface area contributed by atoms with Crippen molar-refractivity contribution in [1.29, 1.82) is 0 Å². The SMILES string of the molecule is O=C(c1ccccc1-n1cnnn1)N1CCN(C(=O)C23CC4CC(CC(C4)C2)C3)CC1. The van der Waals surface area contributed by atoms with Gasteiger partial charge in [-0.15, -0.1) is 5.10 Å². The lowest BCUT2D eigenvalue weighted by Crippen LogP contribution is -2.58. The summed E-state index contributed by atoms with van der Waals surface area (Å²) in [5.41, 5.74) is 1.15. The topological polar surface area (TPSA) is 84.2 Å². The molecule has 1 aliphatic heterocycles. The van der Waals surface area contributed by atoms with Crippen LogP contribution in [0.3, 0.4) is 0 Å². The van der Waals surface area contributed by atoms with Gasteiger partial charge in [-0.1, -0.05) is 12.1 Å². The molecule has 5 aliphatic rings. The van der Waals surface area contributed by atoms with Gasteiger partial charge in [-0.05, 0) is 78.8 Å². The molecule has 162 valence electrons. The smallest absolute Gasteiger partial charge is 0.256 e. The molecular formula is C23H28N6O2. The van der Waals surface area contributed by atoms with Crippen LogP contribution >= 0.6 is 0 Å². The first kappa shape index (κ1) is 19.0. The fraction of sp³-hybridized carbons (Fsp3) is 0.609. The molecule has 0 N–H and O–H groups in total. The van der Waals surface area contributed by atoms with Crippen LogP contribution in [-0.2, 0) is 4.79 Å². The van der Waals surface area contributed by atoms with Gasteiger partial charge in [0.05, 0.1) is 16.7 Å². The fourth-order valence-corrected chi connectivity index (χ4v) is 7.12. The second-order valence-corrected chi connectivity index (χ2v) is 10.1. The van der Waals surface area contributed by atoms with Gasteiger partial charge in [0.15, 0.2) is 0 Å². The summed E-state index contributed by atoms with van der Waals surface area (Å²) in [6, 6.07) is 7.38. The van der Waals surface area contributed by atoms with Gasteiger partial charge in [0.2, 0.25) is 5.91 Å². The number of carbonyl (C=O) groups is 2. The zero-order valence-electron chi connectivity index (χ0n) is 17.7. The number of tetrazole rings is 1. The first-order valence-corrected chi connectivity index (χ1v) is 11.5. The van der Waals surface area contributed by atoms with Crippen LogP contribution in [-0.4, -0.2) is 68.0 Å². The Labute approximate surface area is 181 Å². The molecule has 0 unspecified atom stereocenters. The van der Waals surface area contributed by atoms with Crippen LogP contribution in [0.4, 0.5) is 0 Å². The van der Waals surface area contributed by atoms with Gasteiger partial charge in [0, 0.05) is 26.2 Å². The molecule has 2 heterocycles. The third-order valence-corrected chi connectivity index (χ3v) is 8.08. The molecule has 31 heavy (non-hydrogen) atoms. The molecule has 4 saturated carbocycles. The number of piperazine rings is 1. The number of hydrogen-bond donors (Lipinski definition) is 0. The third-order valence-electron chi connectivity index (χ3n) is 8.08. The molecule has 1 aromatic heterocycles. The van der Waals surface area contributed by atoms with Crippen LogP contribution < -0.4 is 0 Å². The number of nitrogens with zero attached hydrogens (tertiary/aromatic N) is 6. The van der Waals surface area contributed by atoms with Gasteiger partial charge in [-0.2, -0.15) is 4.68 Å². The highest BCUT2D eigenvalue weighted by Gasteiger charge is 2.55. The van der Waals surface area contributed by atoms with Gasteiger partial charge in [0.25, 0.3) is 5.91 Å². The van der Waals surface area contributed by atoms with Crippen LogP contribution in [0.1, 0.15) is 48.9 Å². The Hall–Kier alpha value is -2.77. The van der Waals surface area contributed by atoms with Crippen LogP contribution in [0.15, 0.2) is 30.6 Å². The molecule has 8 heteroatoms. The molecule has 2 amide bonds. The largest absolute Gasteiger partial charge is 0.339 e. The van der Waals surface area contributed by atoms with Crippen LogP contribution in [0.5, 0.6) is 0 Å². The molecule has 0 radical (unpaired) electrons. The Kier molecular flexibility index (Phi) is 4.36. The van der Waals surface area contributed by atoms with E-state index < -0.39 is 0 Å². The molecule has 2 aromatic rings. The molecule has 4 aliphatic carbocycles. The standard InChI is InChI=1S/C23H28N6O2/c30-21(19-3-1-2-4-20(19)29-15-24-25-26-29)27-5-7-28(8-6-27)22(31)23-12-16-9-17(13-23)11-18(10-16)14-23/h1-4,15-18H,5-14H2. The van der Waals surface area contributed by atoms with Gasteiger partial charge >= 0.3 is 0 Å². The van der Waals surface area contributed by atoms with Crippen molar-refractivity contribution in [2.45, 2.75) is 38.5 Å². The van der Waals surface area contributed by atoms with E-state index >= 15 is 0 Å². The summed E-state index contributed by atoms with van der Waals surface area (Å²) in [6.07, 6.45) is 8.80. The van der Waals surface area contributed by atoms with Gasteiger partial charge in [0.1, 0.15) is 6.33 Å². The number of para-hydroxylation sites is 1. The average molecular weight is 421 g/mol. The molecular weight excluding hydrogens is 392 g/mol. The van der Waals surface area contributed by atoms with E-state index in [0.29, 0.717) is 43.3 Å². The Balaban J connectivity index is 1.15. The molecule has 7 rings (SSSR count). The van der Waals surface area contributed by atoms with Crippen molar-refractivity contribution in [2.24, 2.45) is 23.2 Å². The fourth-order valence-electron chi connectivity index (χ4n) is 7.12. The monoisotopic (exact) mass is 420 g/mol. The highest BCUT2D eigenvalue weighted by molar-refractivity contribution is 5.98. The molecule has 0 spiro atoms. The lowest BCUT2D eigenvalue weighted by atomic mass is 9.49. The molecule has 4 bridgehead atoms. The van der Waals surface area contributed by atoms with Crippen molar-refractivity contribution in [2.75, 3.05) is 26.2 Å². The van der Waals surface area contributed by atoms with E-state index in [1.54, 1.807) is 0 Å². The minimum absolute atomic E-state index is 0.0343. The summed E-state index contributed by atoms with van der Waals surface area (Å²) in [5.74, 6) is 2.63. The maximum atomic E-state index is 13.6. The number of benzene rings is 1. The van der Waals surface area contributed by atoms with Crippen molar-refractivity contribution in [3.8, 4) is 5.69 Å². The summed E-state index contributed by atoms with van der Waals surface area (Å²) in [7, 11) is 0. The van der Waals surface area contributed by atoms with Gasteiger partial charge < -0.3 is 9.80 Å². The number of hydrogen-bond acceptors (Lipinski definition) is 5. The predicted octanol–water partition coefficient (Wildman–Crippen LogP) is 2.16. The van der Waals surface area contributed by atoms with Crippen molar-refractivity contribution < 1.29 is 9.59 Å². The van der Waals surface area contributed by atoms with Crippen molar-refractivity contribution >= 4 is 11.8 Å². The van der Waals surface area contributed by atoms with Crippen LogP contribution in [0, 0.1) is 23.2 Å². The number of amides is 2. The maximum absolute atomic E-state index is 13.6. The normalized spacial score (nSPS) is 31.8. The van der Waals surface area contributed by atoms with Gasteiger partial charge in [-0.25, -0.2) is 0 Å². The molecule has 1 saturated heterocycles. The second-order valence-electron chi connectivity index (χ2n) is 10.1. The third kappa shape index (κ3) is 3.15. The number of rotatable bonds is 3.